The van der Waals surface area contributed by atoms with Crippen LogP contribution >= 0.6 is 23.5 Å². The maximum atomic E-state index is 11.5. The molecule has 0 radical (unpaired) electrons. The summed E-state index contributed by atoms with van der Waals surface area (Å²) in [6.45, 7) is 5.19. The highest BCUT2D eigenvalue weighted by Crippen LogP contribution is 2.23. The molecule has 18 heavy (non-hydrogen) atoms. The van der Waals surface area contributed by atoms with E-state index in [1.165, 1.54) is 0 Å². The van der Waals surface area contributed by atoms with Gasteiger partial charge >= 0.3 is 12.1 Å². The van der Waals surface area contributed by atoms with Crippen LogP contribution in [0.1, 0.15) is 27.2 Å². The molecule has 0 aromatic carbocycles. The van der Waals surface area contributed by atoms with Crippen molar-refractivity contribution in [2.24, 2.45) is 0 Å². The number of carboxylic acids is 1. The van der Waals surface area contributed by atoms with Crippen LogP contribution < -0.4 is 5.32 Å². The lowest BCUT2D eigenvalue weighted by Gasteiger charge is -2.23. The van der Waals surface area contributed by atoms with Gasteiger partial charge in [-0.3, -0.25) is 0 Å². The van der Waals surface area contributed by atoms with Crippen LogP contribution in [0.15, 0.2) is 0 Å². The summed E-state index contributed by atoms with van der Waals surface area (Å²) in [6.07, 6.45) is 3.48. The van der Waals surface area contributed by atoms with Gasteiger partial charge in [-0.2, -0.15) is 23.5 Å². The minimum Gasteiger partial charge on any atom is -0.480 e. The largest absolute Gasteiger partial charge is 0.480 e. The van der Waals surface area contributed by atoms with Crippen LogP contribution in [0.25, 0.3) is 0 Å². The quantitative estimate of drug-likeness (QED) is 0.733. The zero-order valence-electron chi connectivity index (χ0n) is 11.4. The first-order valence-electron chi connectivity index (χ1n) is 5.47. The molecule has 0 aromatic rings. The minimum atomic E-state index is -1.05. The number of carbonyl (C=O) groups excluding carboxylic acids is 1. The molecule has 0 fully saturated rings. The molecule has 5 nitrogen and oxygen atoms in total. The predicted molar refractivity (Wildman–Crippen MR) is 76.2 cm³/mol. The minimum absolute atomic E-state index is 0.126. The Morgan fingerprint density at radius 1 is 1.28 bits per heavy atom. The number of rotatable bonds is 6. The van der Waals surface area contributed by atoms with E-state index in [-0.39, 0.29) is 4.58 Å². The van der Waals surface area contributed by atoms with Crippen LogP contribution in [0.4, 0.5) is 4.79 Å². The van der Waals surface area contributed by atoms with Gasteiger partial charge in [0.2, 0.25) is 0 Å². The van der Waals surface area contributed by atoms with Crippen molar-refractivity contribution in [3.63, 3.8) is 0 Å². The lowest BCUT2D eigenvalue weighted by molar-refractivity contribution is -0.139. The van der Waals surface area contributed by atoms with Gasteiger partial charge in [0.05, 0.1) is 4.58 Å². The van der Waals surface area contributed by atoms with Crippen LogP contribution in [0.5, 0.6) is 0 Å². The lowest BCUT2D eigenvalue weighted by atomic mass is 10.2. The normalized spacial score (nSPS) is 13.2. The third-order valence-electron chi connectivity index (χ3n) is 1.94. The second kappa shape index (κ2) is 7.78. The van der Waals surface area contributed by atoms with E-state index in [1.54, 1.807) is 44.3 Å². The SMILES string of the molecule is CSC(CC(NC(=O)OC(C)(C)C)C(=O)O)SC. The fourth-order valence-electron chi connectivity index (χ4n) is 1.15. The summed E-state index contributed by atoms with van der Waals surface area (Å²) in [6, 6.07) is -0.926. The van der Waals surface area contributed by atoms with Crippen LogP contribution in [0, 0.1) is 0 Å². The zero-order chi connectivity index (χ0) is 14.3. The third kappa shape index (κ3) is 7.71. The van der Waals surface area contributed by atoms with E-state index < -0.39 is 23.7 Å². The highest BCUT2D eigenvalue weighted by atomic mass is 32.2. The average Bonchev–Trinajstić information content (AvgIpc) is 2.21. The molecule has 0 heterocycles. The Labute approximate surface area is 116 Å². The van der Waals surface area contributed by atoms with Crippen molar-refractivity contribution >= 4 is 35.6 Å². The van der Waals surface area contributed by atoms with Crippen molar-refractivity contribution < 1.29 is 19.4 Å². The summed E-state index contributed by atoms with van der Waals surface area (Å²) in [5, 5.41) is 11.5. The fourth-order valence-corrected chi connectivity index (χ4v) is 2.69. The first-order chi connectivity index (χ1) is 8.19. The smallest absolute Gasteiger partial charge is 0.408 e. The molecule has 1 amide bonds. The molecule has 0 spiro atoms. The van der Waals surface area contributed by atoms with Gasteiger partial charge in [-0.05, 0) is 39.7 Å². The molecule has 2 N–H and O–H groups in total. The lowest BCUT2D eigenvalue weighted by Crippen LogP contribution is -2.44. The molecule has 0 saturated carbocycles. The maximum Gasteiger partial charge on any atom is 0.408 e. The molecule has 0 aliphatic rings. The van der Waals surface area contributed by atoms with Gasteiger partial charge in [-0.1, -0.05) is 0 Å². The van der Waals surface area contributed by atoms with Crippen LogP contribution in [0.3, 0.4) is 0 Å². The molecule has 0 aliphatic heterocycles. The fraction of sp³-hybridized carbons (Fsp3) is 0.818. The summed E-state index contributed by atoms with van der Waals surface area (Å²) in [4.78, 5) is 22.6. The number of carboxylic acid groups (broad SMARTS) is 1. The molecular formula is C11H21NO4S2. The second-order valence-corrected chi connectivity index (χ2v) is 7.05. The van der Waals surface area contributed by atoms with Gasteiger partial charge in [0, 0.05) is 0 Å². The summed E-state index contributed by atoms with van der Waals surface area (Å²) in [7, 11) is 0. The number of ether oxygens (including phenoxy) is 1. The summed E-state index contributed by atoms with van der Waals surface area (Å²) >= 11 is 3.13. The number of thioether (sulfide) groups is 2. The monoisotopic (exact) mass is 295 g/mol. The predicted octanol–water partition coefficient (Wildman–Crippen LogP) is 2.41. The number of alkyl carbamates (subject to hydrolysis) is 1. The van der Waals surface area contributed by atoms with E-state index in [2.05, 4.69) is 5.32 Å². The van der Waals surface area contributed by atoms with Crippen LogP contribution in [-0.2, 0) is 9.53 Å². The van der Waals surface area contributed by atoms with Crippen molar-refractivity contribution in [3.05, 3.63) is 0 Å². The molecule has 1 unspecified atom stereocenters. The van der Waals surface area contributed by atoms with Crippen LogP contribution in [-0.4, -0.2) is 45.9 Å². The Morgan fingerprint density at radius 3 is 2.11 bits per heavy atom. The summed E-state index contributed by atoms with van der Waals surface area (Å²) < 4.78 is 5.17. The highest BCUT2D eigenvalue weighted by Gasteiger charge is 2.26. The maximum absolute atomic E-state index is 11.5. The van der Waals surface area contributed by atoms with Gasteiger partial charge in [-0.15, -0.1) is 0 Å². The topological polar surface area (TPSA) is 75.6 Å². The molecule has 0 saturated heterocycles. The number of amides is 1. The summed E-state index contributed by atoms with van der Waals surface area (Å²) in [5.74, 6) is -1.05. The first kappa shape index (κ1) is 17.4. The van der Waals surface area contributed by atoms with E-state index >= 15 is 0 Å². The van der Waals surface area contributed by atoms with Gasteiger partial charge in [0.25, 0.3) is 0 Å². The van der Waals surface area contributed by atoms with E-state index in [0.717, 1.165) is 0 Å². The van der Waals surface area contributed by atoms with Crippen molar-refractivity contribution in [3.8, 4) is 0 Å². The van der Waals surface area contributed by atoms with Gasteiger partial charge in [0.15, 0.2) is 0 Å². The van der Waals surface area contributed by atoms with Gasteiger partial charge in [0.1, 0.15) is 11.6 Å². The summed E-state index contributed by atoms with van der Waals surface area (Å²) in [5.41, 5.74) is -0.633. The number of hydrogen-bond donors (Lipinski definition) is 2. The van der Waals surface area contributed by atoms with Crippen molar-refractivity contribution in [1.82, 2.24) is 5.32 Å². The van der Waals surface area contributed by atoms with Crippen molar-refractivity contribution in [2.75, 3.05) is 12.5 Å². The average molecular weight is 295 g/mol. The van der Waals surface area contributed by atoms with E-state index in [0.29, 0.717) is 6.42 Å². The van der Waals surface area contributed by atoms with E-state index in [9.17, 15) is 9.59 Å². The molecule has 7 heteroatoms. The molecule has 0 aromatic heterocycles. The van der Waals surface area contributed by atoms with Gasteiger partial charge in [-0.25, -0.2) is 9.59 Å². The number of hydrogen-bond acceptors (Lipinski definition) is 5. The molecule has 106 valence electrons. The van der Waals surface area contributed by atoms with Gasteiger partial charge < -0.3 is 15.2 Å². The Hall–Kier alpha value is -0.560. The van der Waals surface area contributed by atoms with E-state index in [4.69, 9.17) is 9.84 Å². The number of aliphatic carboxylic acids is 1. The molecular weight excluding hydrogens is 274 g/mol. The zero-order valence-corrected chi connectivity index (χ0v) is 13.0. The Balaban J connectivity index is 4.45. The first-order valence-corrected chi connectivity index (χ1v) is 8.05. The second-order valence-electron chi connectivity index (χ2n) is 4.67. The third-order valence-corrected chi connectivity index (χ3v) is 4.53. The molecule has 0 aliphatic carbocycles. The Bertz CT molecular complexity index is 287. The van der Waals surface area contributed by atoms with E-state index in [1.807, 2.05) is 12.5 Å². The Kier molecular flexibility index (Phi) is 7.54. The standard InChI is InChI=1S/C11H21NO4S2/c1-11(2,3)16-10(15)12-7(9(13)14)6-8(17-4)18-5/h7-8H,6H2,1-5H3,(H,12,15)(H,13,14). The number of nitrogens with one attached hydrogen (secondary N) is 1. The highest BCUT2D eigenvalue weighted by molar-refractivity contribution is 8.16. The van der Waals surface area contributed by atoms with Crippen molar-refractivity contribution in [1.29, 1.82) is 0 Å². The van der Waals surface area contributed by atoms with Crippen molar-refractivity contribution in [2.45, 2.75) is 43.4 Å². The number of carbonyl (C=O) groups is 2. The molecule has 0 rings (SSSR count). The van der Waals surface area contributed by atoms with Crippen LogP contribution in [0.2, 0.25) is 0 Å². The molecule has 0 bridgehead atoms. The molecule has 1 atom stereocenters. The Morgan fingerprint density at radius 2 is 1.78 bits per heavy atom.